The third kappa shape index (κ3) is 3.19. The largest absolute Gasteiger partial charge is 0.347 e. The predicted molar refractivity (Wildman–Crippen MR) is 70.3 cm³/mol. The average Bonchev–Trinajstić information content (AvgIpc) is 2.36. The summed E-state index contributed by atoms with van der Waals surface area (Å²) in [5, 5.41) is 3.48. The first-order chi connectivity index (χ1) is 8.08. The zero-order valence-electron chi connectivity index (χ0n) is 10.6. The lowest BCUT2D eigenvalue weighted by Crippen LogP contribution is -2.47. The Morgan fingerprint density at radius 1 is 1.35 bits per heavy atom. The molecule has 94 valence electrons. The summed E-state index contributed by atoms with van der Waals surface area (Å²) >= 11 is 5.95. The first-order valence-electron chi connectivity index (χ1n) is 6.00. The molecule has 0 aliphatic heterocycles. The minimum atomic E-state index is -0.135. The van der Waals surface area contributed by atoms with Gasteiger partial charge < -0.3 is 5.32 Å². The second kappa shape index (κ2) is 6.01. The van der Waals surface area contributed by atoms with E-state index in [9.17, 15) is 4.79 Å². The number of hydrogen-bond donors (Lipinski definition) is 1. The van der Waals surface area contributed by atoms with Crippen molar-refractivity contribution in [2.45, 2.75) is 45.6 Å². The van der Waals surface area contributed by atoms with Gasteiger partial charge in [0.15, 0.2) is 0 Å². The molecule has 1 amide bonds. The van der Waals surface area contributed by atoms with Crippen molar-refractivity contribution in [3.8, 4) is 0 Å². The van der Waals surface area contributed by atoms with Gasteiger partial charge in [0.05, 0.1) is 10.6 Å². The van der Waals surface area contributed by atoms with Gasteiger partial charge in [0, 0.05) is 17.9 Å². The summed E-state index contributed by atoms with van der Waals surface area (Å²) in [6, 6.07) is 1.64. The number of hydrogen-bond acceptors (Lipinski definition) is 2. The van der Waals surface area contributed by atoms with Crippen LogP contribution in [0, 0.1) is 0 Å². The van der Waals surface area contributed by atoms with E-state index in [0.717, 1.165) is 19.3 Å². The molecule has 0 aliphatic carbocycles. The van der Waals surface area contributed by atoms with Gasteiger partial charge in [-0.15, -0.1) is 0 Å². The lowest BCUT2D eigenvalue weighted by Gasteiger charge is -2.31. The molecule has 1 aromatic rings. The molecule has 0 atom stereocenters. The second-order valence-electron chi connectivity index (χ2n) is 4.15. The maximum absolute atomic E-state index is 12.1. The van der Waals surface area contributed by atoms with Gasteiger partial charge in [-0.1, -0.05) is 32.4 Å². The van der Waals surface area contributed by atoms with Crippen molar-refractivity contribution in [2.24, 2.45) is 0 Å². The zero-order chi connectivity index (χ0) is 12.9. The number of nitrogens with one attached hydrogen (secondary N) is 1. The lowest BCUT2D eigenvalue weighted by atomic mass is 9.89. The predicted octanol–water partition coefficient (Wildman–Crippen LogP) is 3.43. The number of carbonyl (C=O) groups excluding carboxylic acids is 1. The summed E-state index contributed by atoms with van der Waals surface area (Å²) in [5.41, 5.74) is 0.352. The highest BCUT2D eigenvalue weighted by atomic mass is 35.5. The summed E-state index contributed by atoms with van der Waals surface area (Å²) in [6.45, 7) is 6.25. The Hall–Kier alpha value is -1.09. The molecule has 0 unspecified atom stereocenters. The van der Waals surface area contributed by atoms with Crippen LogP contribution >= 0.6 is 11.6 Å². The molecule has 17 heavy (non-hydrogen) atoms. The van der Waals surface area contributed by atoms with Crippen LogP contribution < -0.4 is 5.32 Å². The first-order valence-corrected chi connectivity index (χ1v) is 6.38. The molecule has 1 aromatic heterocycles. The first kappa shape index (κ1) is 14.0. The highest BCUT2D eigenvalue weighted by molar-refractivity contribution is 6.33. The number of aromatic nitrogens is 1. The van der Waals surface area contributed by atoms with E-state index >= 15 is 0 Å². The SMILES string of the molecule is CCC(CC)(CC)NC(=O)c1ccncc1Cl. The van der Waals surface area contributed by atoms with Crippen molar-refractivity contribution in [3.63, 3.8) is 0 Å². The Kier molecular flexibility index (Phi) is 4.94. The molecule has 0 fully saturated rings. The molecule has 0 aromatic carbocycles. The number of rotatable bonds is 5. The van der Waals surface area contributed by atoms with E-state index in [-0.39, 0.29) is 11.4 Å². The normalized spacial score (nSPS) is 11.3. The molecule has 1 N–H and O–H groups in total. The molecule has 1 rings (SSSR count). The Bertz CT molecular complexity index is 380. The molecule has 4 heteroatoms. The second-order valence-corrected chi connectivity index (χ2v) is 4.56. The van der Waals surface area contributed by atoms with Gasteiger partial charge in [-0.05, 0) is 25.3 Å². The fourth-order valence-corrected chi connectivity index (χ4v) is 2.09. The fraction of sp³-hybridized carbons (Fsp3) is 0.538. The fourth-order valence-electron chi connectivity index (χ4n) is 1.88. The van der Waals surface area contributed by atoms with Gasteiger partial charge in [0.2, 0.25) is 0 Å². The average molecular weight is 255 g/mol. The monoisotopic (exact) mass is 254 g/mol. The number of halogens is 1. The van der Waals surface area contributed by atoms with Crippen molar-refractivity contribution in [1.29, 1.82) is 0 Å². The molecule has 3 nitrogen and oxygen atoms in total. The third-order valence-electron chi connectivity index (χ3n) is 3.43. The lowest BCUT2D eigenvalue weighted by molar-refractivity contribution is 0.0888. The molecule has 1 heterocycles. The molecule has 0 saturated carbocycles. The topological polar surface area (TPSA) is 42.0 Å². The summed E-state index contributed by atoms with van der Waals surface area (Å²) in [6.07, 6.45) is 5.80. The van der Waals surface area contributed by atoms with Gasteiger partial charge in [-0.3, -0.25) is 9.78 Å². The highest BCUT2D eigenvalue weighted by Crippen LogP contribution is 2.21. The van der Waals surface area contributed by atoms with Crippen LogP contribution in [0.1, 0.15) is 50.4 Å². The van der Waals surface area contributed by atoms with Crippen LogP contribution in [0.4, 0.5) is 0 Å². The molecule has 0 aliphatic rings. The summed E-state index contributed by atoms with van der Waals surface area (Å²) in [7, 11) is 0. The Labute approximate surface area is 108 Å². The van der Waals surface area contributed by atoms with Crippen molar-refractivity contribution in [3.05, 3.63) is 29.0 Å². The van der Waals surface area contributed by atoms with Gasteiger partial charge in [0.1, 0.15) is 0 Å². The summed E-state index contributed by atoms with van der Waals surface area (Å²) in [5.74, 6) is -0.122. The number of pyridine rings is 1. The molecular formula is C13H19ClN2O. The standard InChI is InChI=1S/C13H19ClN2O/c1-4-13(5-2,6-3)16-12(17)10-7-8-15-9-11(10)14/h7-9H,4-6H2,1-3H3,(H,16,17). The van der Waals surface area contributed by atoms with Crippen LogP contribution in [0.15, 0.2) is 18.5 Å². The number of amides is 1. The van der Waals surface area contributed by atoms with E-state index in [2.05, 4.69) is 31.1 Å². The van der Waals surface area contributed by atoms with Crippen molar-refractivity contribution >= 4 is 17.5 Å². The molecule has 0 bridgehead atoms. The van der Waals surface area contributed by atoms with Crippen molar-refractivity contribution in [1.82, 2.24) is 10.3 Å². The Morgan fingerprint density at radius 2 is 1.94 bits per heavy atom. The van der Waals surface area contributed by atoms with Gasteiger partial charge in [-0.2, -0.15) is 0 Å². The van der Waals surface area contributed by atoms with Crippen LogP contribution in [0.5, 0.6) is 0 Å². The van der Waals surface area contributed by atoms with E-state index in [4.69, 9.17) is 11.6 Å². The summed E-state index contributed by atoms with van der Waals surface area (Å²) in [4.78, 5) is 16.0. The number of nitrogens with zero attached hydrogens (tertiary/aromatic N) is 1. The number of carbonyl (C=O) groups is 1. The zero-order valence-corrected chi connectivity index (χ0v) is 11.3. The van der Waals surface area contributed by atoms with E-state index < -0.39 is 0 Å². The van der Waals surface area contributed by atoms with Crippen LogP contribution in [0.3, 0.4) is 0 Å². The molecule has 0 saturated heterocycles. The third-order valence-corrected chi connectivity index (χ3v) is 3.73. The van der Waals surface area contributed by atoms with Crippen LogP contribution in [-0.2, 0) is 0 Å². The van der Waals surface area contributed by atoms with Gasteiger partial charge in [-0.25, -0.2) is 0 Å². The Morgan fingerprint density at radius 3 is 2.41 bits per heavy atom. The maximum Gasteiger partial charge on any atom is 0.253 e. The molecule has 0 spiro atoms. The minimum absolute atomic E-state index is 0.122. The minimum Gasteiger partial charge on any atom is -0.347 e. The smallest absolute Gasteiger partial charge is 0.253 e. The van der Waals surface area contributed by atoms with E-state index in [1.807, 2.05) is 0 Å². The quantitative estimate of drug-likeness (QED) is 0.875. The molecular weight excluding hydrogens is 236 g/mol. The summed E-state index contributed by atoms with van der Waals surface area (Å²) < 4.78 is 0. The van der Waals surface area contributed by atoms with E-state index in [1.165, 1.54) is 6.20 Å². The van der Waals surface area contributed by atoms with Gasteiger partial charge in [0.25, 0.3) is 5.91 Å². The van der Waals surface area contributed by atoms with E-state index in [0.29, 0.717) is 10.6 Å². The van der Waals surface area contributed by atoms with Crippen LogP contribution in [-0.4, -0.2) is 16.4 Å². The highest BCUT2D eigenvalue weighted by Gasteiger charge is 2.26. The Balaban J connectivity index is 2.89. The van der Waals surface area contributed by atoms with Gasteiger partial charge >= 0.3 is 0 Å². The van der Waals surface area contributed by atoms with Crippen LogP contribution in [0.2, 0.25) is 5.02 Å². The van der Waals surface area contributed by atoms with E-state index in [1.54, 1.807) is 12.3 Å². The maximum atomic E-state index is 12.1. The molecule has 0 radical (unpaired) electrons. The van der Waals surface area contributed by atoms with Crippen LogP contribution in [0.25, 0.3) is 0 Å². The van der Waals surface area contributed by atoms with Crippen molar-refractivity contribution < 1.29 is 4.79 Å². The van der Waals surface area contributed by atoms with Crippen molar-refractivity contribution in [2.75, 3.05) is 0 Å².